The second-order valence-electron chi connectivity index (χ2n) is 4.08. The Morgan fingerprint density at radius 1 is 1.11 bits per heavy atom. The third-order valence-electron chi connectivity index (χ3n) is 2.77. The van der Waals surface area contributed by atoms with E-state index in [0.29, 0.717) is 0 Å². The van der Waals surface area contributed by atoms with Gasteiger partial charge in [-0.3, -0.25) is 0 Å². The smallest absolute Gasteiger partial charge is 0.0607 e. The van der Waals surface area contributed by atoms with Gasteiger partial charge in [-0.15, -0.1) is 0 Å². The molecule has 2 rings (SSSR count). The molecule has 0 radical (unpaired) electrons. The molecule has 0 aliphatic carbocycles. The Labute approximate surface area is 129 Å². The van der Waals surface area contributed by atoms with Crippen molar-refractivity contribution in [2.75, 3.05) is 6.54 Å². The summed E-state index contributed by atoms with van der Waals surface area (Å²) in [5.41, 5.74) is 2.59. The topological polar surface area (TPSA) is 12.0 Å². The van der Waals surface area contributed by atoms with Gasteiger partial charge in [0.1, 0.15) is 0 Å². The molecule has 1 nitrogen and oxygen atoms in total. The van der Waals surface area contributed by atoms with E-state index >= 15 is 0 Å². The third kappa shape index (κ3) is 3.23. The third-order valence-corrected chi connectivity index (χ3v) is 5.24. The van der Waals surface area contributed by atoms with Crippen LogP contribution < -0.4 is 5.32 Å². The van der Waals surface area contributed by atoms with Crippen molar-refractivity contribution in [2.45, 2.75) is 19.4 Å². The summed E-state index contributed by atoms with van der Waals surface area (Å²) >= 11 is 9.01. The van der Waals surface area contributed by atoms with E-state index in [9.17, 15) is 0 Å². The molecule has 96 valence electrons. The minimum absolute atomic E-state index is 0.237. The highest BCUT2D eigenvalue weighted by molar-refractivity contribution is 9.10. The summed E-state index contributed by atoms with van der Waals surface area (Å²) in [6.07, 6.45) is 1.13. The summed E-state index contributed by atoms with van der Waals surface area (Å²) in [6, 6.07) is 8.63. The number of nitrogens with one attached hydrogen (secondary N) is 1. The lowest BCUT2D eigenvalue weighted by Crippen LogP contribution is -2.23. The summed E-state index contributed by atoms with van der Waals surface area (Å²) < 4.78 is 2.33. The van der Waals surface area contributed by atoms with E-state index in [1.165, 1.54) is 15.6 Å². The van der Waals surface area contributed by atoms with Gasteiger partial charge in [-0.05, 0) is 51.5 Å². The second kappa shape index (κ2) is 6.85. The molecular weight excluding hydrogens is 374 g/mol. The van der Waals surface area contributed by atoms with Gasteiger partial charge >= 0.3 is 0 Å². The number of thiophene rings is 1. The molecular formula is C14H15Br2NS. The molecule has 1 unspecified atom stereocenters. The molecule has 1 aromatic heterocycles. The van der Waals surface area contributed by atoms with Gasteiger partial charge in [-0.2, -0.15) is 11.3 Å². The first kappa shape index (κ1) is 14.3. The highest BCUT2D eigenvalue weighted by atomic mass is 79.9. The Bertz CT molecular complexity index is 510. The van der Waals surface area contributed by atoms with Crippen molar-refractivity contribution in [1.29, 1.82) is 0 Å². The molecule has 0 bridgehead atoms. The maximum absolute atomic E-state index is 3.65. The molecule has 0 saturated heterocycles. The zero-order chi connectivity index (χ0) is 13.0. The molecule has 1 aromatic carbocycles. The minimum Gasteiger partial charge on any atom is -0.306 e. The van der Waals surface area contributed by atoms with Crippen LogP contribution in [0.4, 0.5) is 0 Å². The molecule has 1 atom stereocenters. The van der Waals surface area contributed by atoms with Crippen LogP contribution in [0.1, 0.15) is 30.5 Å². The molecule has 18 heavy (non-hydrogen) atoms. The van der Waals surface area contributed by atoms with Gasteiger partial charge in [0.15, 0.2) is 0 Å². The van der Waals surface area contributed by atoms with Crippen molar-refractivity contribution in [3.8, 4) is 0 Å². The predicted molar refractivity (Wildman–Crippen MR) is 86.3 cm³/mol. The van der Waals surface area contributed by atoms with Crippen LogP contribution in [-0.2, 0) is 0 Å². The number of benzene rings is 1. The van der Waals surface area contributed by atoms with Gasteiger partial charge in [-0.25, -0.2) is 0 Å². The second-order valence-corrected chi connectivity index (χ2v) is 6.54. The maximum atomic E-state index is 3.65. The Kier molecular flexibility index (Phi) is 5.42. The molecule has 0 aliphatic rings. The first-order valence-electron chi connectivity index (χ1n) is 5.93. The van der Waals surface area contributed by atoms with Gasteiger partial charge in [0.05, 0.1) is 6.04 Å². The number of halogens is 2. The summed E-state index contributed by atoms with van der Waals surface area (Å²) in [5.74, 6) is 0. The Morgan fingerprint density at radius 2 is 1.89 bits per heavy atom. The average molecular weight is 389 g/mol. The first-order valence-corrected chi connectivity index (χ1v) is 8.46. The number of rotatable bonds is 5. The lowest BCUT2D eigenvalue weighted by atomic mass is 10.0. The first-order chi connectivity index (χ1) is 8.74. The van der Waals surface area contributed by atoms with Crippen LogP contribution in [0.5, 0.6) is 0 Å². The van der Waals surface area contributed by atoms with Gasteiger partial charge < -0.3 is 5.32 Å². The van der Waals surface area contributed by atoms with E-state index in [1.54, 1.807) is 11.3 Å². The van der Waals surface area contributed by atoms with E-state index < -0.39 is 0 Å². The van der Waals surface area contributed by atoms with Gasteiger partial charge in [0.25, 0.3) is 0 Å². The maximum Gasteiger partial charge on any atom is 0.0607 e. The molecule has 0 amide bonds. The van der Waals surface area contributed by atoms with Crippen LogP contribution in [0.2, 0.25) is 0 Å². The average Bonchev–Trinajstić information content (AvgIpc) is 2.78. The van der Waals surface area contributed by atoms with Crippen molar-refractivity contribution >= 4 is 43.2 Å². The van der Waals surface area contributed by atoms with Crippen LogP contribution in [0.3, 0.4) is 0 Å². The van der Waals surface area contributed by atoms with Crippen molar-refractivity contribution < 1.29 is 0 Å². The van der Waals surface area contributed by atoms with Crippen LogP contribution >= 0.6 is 43.2 Å². The molecule has 0 fully saturated rings. The highest BCUT2D eigenvalue weighted by Crippen LogP contribution is 2.34. The normalized spacial score (nSPS) is 12.6. The summed E-state index contributed by atoms with van der Waals surface area (Å²) in [5, 5.41) is 7.95. The van der Waals surface area contributed by atoms with Crippen LogP contribution in [0.15, 0.2) is 44.0 Å². The fourth-order valence-corrected chi connectivity index (χ4v) is 3.95. The van der Waals surface area contributed by atoms with Crippen LogP contribution in [-0.4, -0.2) is 6.54 Å². The van der Waals surface area contributed by atoms with Crippen molar-refractivity contribution in [3.63, 3.8) is 0 Å². The molecule has 2 aromatic rings. The van der Waals surface area contributed by atoms with Gasteiger partial charge in [-0.1, -0.05) is 41.1 Å². The van der Waals surface area contributed by atoms with E-state index in [-0.39, 0.29) is 6.04 Å². The van der Waals surface area contributed by atoms with E-state index in [4.69, 9.17) is 0 Å². The lowest BCUT2D eigenvalue weighted by molar-refractivity contribution is 0.597. The molecule has 0 spiro atoms. The largest absolute Gasteiger partial charge is 0.306 e. The predicted octanol–water partition coefficient (Wildman–Crippen LogP) is 5.36. The zero-order valence-corrected chi connectivity index (χ0v) is 14.1. The Balaban J connectivity index is 2.37. The summed E-state index contributed by atoms with van der Waals surface area (Å²) in [6.45, 7) is 3.20. The molecule has 1 heterocycles. The molecule has 0 saturated carbocycles. The fourth-order valence-electron chi connectivity index (χ4n) is 1.88. The Hall–Kier alpha value is -0.160. The number of hydrogen-bond acceptors (Lipinski definition) is 2. The van der Waals surface area contributed by atoms with E-state index in [2.05, 4.69) is 73.1 Å². The minimum atomic E-state index is 0.237. The van der Waals surface area contributed by atoms with E-state index in [1.807, 2.05) is 6.07 Å². The lowest BCUT2D eigenvalue weighted by Gasteiger charge is -2.20. The van der Waals surface area contributed by atoms with Crippen molar-refractivity contribution in [1.82, 2.24) is 5.32 Å². The summed E-state index contributed by atoms with van der Waals surface area (Å²) in [4.78, 5) is 0. The summed E-state index contributed by atoms with van der Waals surface area (Å²) in [7, 11) is 0. The zero-order valence-electron chi connectivity index (χ0n) is 10.1. The van der Waals surface area contributed by atoms with Crippen molar-refractivity contribution in [3.05, 3.63) is 55.1 Å². The van der Waals surface area contributed by atoms with Gasteiger partial charge in [0, 0.05) is 14.3 Å². The van der Waals surface area contributed by atoms with Crippen LogP contribution in [0.25, 0.3) is 0 Å². The quantitative estimate of drug-likeness (QED) is 0.726. The number of hydrogen-bond donors (Lipinski definition) is 1. The molecule has 1 N–H and O–H groups in total. The fraction of sp³-hybridized carbons (Fsp3) is 0.286. The molecule has 4 heteroatoms. The van der Waals surface area contributed by atoms with Crippen molar-refractivity contribution in [2.24, 2.45) is 0 Å². The monoisotopic (exact) mass is 387 g/mol. The highest BCUT2D eigenvalue weighted by Gasteiger charge is 2.18. The standard InChI is InChI=1S/C14H15Br2NS/c1-2-7-17-14(11-8-18-9-13(11)16)10-5-3-4-6-12(10)15/h3-6,8-9,14,17H,2,7H2,1H3. The molecule has 0 aliphatic heterocycles. The Morgan fingerprint density at radius 3 is 2.50 bits per heavy atom. The van der Waals surface area contributed by atoms with Gasteiger partial charge in [0.2, 0.25) is 0 Å². The van der Waals surface area contributed by atoms with E-state index in [0.717, 1.165) is 17.4 Å². The van der Waals surface area contributed by atoms with Crippen LogP contribution in [0, 0.1) is 0 Å². The SMILES string of the molecule is CCCNC(c1ccccc1Br)c1cscc1Br.